The van der Waals surface area contributed by atoms with Gasteiger partial charge in [-0.25, -0.2) is 0 Å². The van der Waals surface area contributed by atoms with Crippen molar-refractivity contribution in [1.29, 1.82) is 0 Å². The average molecular weight is 180 g/mol. The first-order valence-corrected chi connectivity index (χ1v) is 4.38. The normalized spacial score (nSPS) is 10.0. The molecule has 72 valence electrons. The molecule has 0 spiro atoms. The largest absolute Gasteiger partial charge is 0.384 e. The molecule has 0 fully saturated rings. The Balaban J connectivity index is 2.56. The number of hydrogen-bond acceptors (Lipinski definition) is 3. The molecule has 0 aliphatic rings. The van der Waals surface area contributed by atoms with Gasteiger partial charge in [0, 0.05) is 25.9 Å². The van der Waals surface area contributed by atoms with E-state index in [-0.39, 0.29) is 0 Å². The molecule has 3 N–H and O–H groups in total. The first-order chi connectivity index (χ1) is 6.36. The van der Waals surface area contributed by atoms with Crippen LogP contribution in [0.5, 0.6) is 0 Å². The van der Waals surface area contributed by atoms with Gasteiger partial charge in [0.1, 0.15) is 0 Å². The van der Waals surface area contributed by atoms with Crippen molar-refractivity contribution in [1.82, 2.24) is 0 Å². The van der Waals surface area contributed by atoms with Gasteiger partial charge in [-0.2, -0.15) is 0 Å². The van der Waals surface area contributed by atoms with Crippen LogP contribution in [-0.4, -0.2) is 20.2 Å². The fourth-order valence-electron chi connectivity index (χ4n) is 1.15. The molecule has 0 amide bonds. The smallest absolute Gasteiger partial charge is 0.0713 e. The number of methoxy groups -OCH3 is 1. The molecule has 0 radical (unpaired) electrons. The number of ether oxygens (including phenoxy) is 1. The molecule has 0 heterocycles. The summed E-state index contributed by atoms with van der Waals surface area (Å²) in [5, 5.41) is 3.21. The minimum Gasteiger partial charge on any atom is -0.384 e. The number of anilines is 1. The molecule has 13 heavy (non-hydrogen) atoms. The Labute approximate surface area is 78.9 Å². The van der Waals surface area contributed by atoms with E-state index >= 15 is 0 Å². The Morgan fingerprint density at radius 2 is 2.31 bits per heavy atom. The second-order valence-electron chi connectivity index (χ2n) is 2.85. The highest BCUT2D eigenvalue weighted by Gasteiger charge is 1.93. The van der Waals surface area contributed by atoms with Gasteiger partial charge in [-0.15, -0.1) is 0 Å². The zero-order chi connectivity index (χ0) is 9.52. The van der Waals surface area contributed by atoms with E-state index in [0.29, 0.717) is 13.2 Å². The summed E-state index contributed by atoms with van der Waals surface area (Å²) in [7, 11) is 1.69. The first kappa shape index (κ1) is 10.0. The van der Waals surface area contributed by atoms with Crippen LogP contribution in [0.4, 0.5) is 5.69 Å². The summed E-state index contributed by atoms with van der Waals surface area (Å²) in [6, 6.07) is 8.14. The van der Waals surface area contributed by atoms with Gasteiger partial charge in [-0.3, -0.25) is 0 Å². The lowest BCUT2D eigenvalue weighted by molar-refractivity contribution is 0.185. The summed E-state index contributed by atoms with van der Waals surface area (Å²) in [6.45, 7) is 2.10. The Hall–Kier alpha value is -1.06. The van der Waals surface area contributed by atoms with E-state index in [1.165, 1.54) is 5.56 Å². The maximum Gasteiger partial charge on any atom is 0.0713 e. The predicted octanol–water partition coefficient (Wildman–Crippen LogP) is 1.20. The van der Waals surface area contributed by atoms with Crippen molar-refractivity contribution in [3.8, 4) is 0 Å². The van der Waals surface area contributed by atoms with E-state index in [0.717, 1.165) is 12.2 Å². The Morgan fingerprint density at radius 1 is 1.46 bits per heavy atom. The predicted molar refractivity (Wildman–Crippen MR) is 54.7 cm³/mol. The SMILES string of the molecule is COCc1cccc(NCCN)c1. The maximum atomic E-state index is 5.39. The molecule has 0 atom stereocenters. The Kier molecular flexibility index (Phi) is 4.29. The van der Waals surface area contributed by atoms with E-state index in [9.17, 15) is 0 Å². The zero-order valence-corrected chi connectivity index (χ0v) is 7.92. The molecule has 0 bridgehead atoms. The lowest BCUT2D eigenvalue weighted by Crippen LogP contribution is -2.13. The quantitative estimate of drug-likeness (QED) is 0.716. The number of nitrogens with two attached hydrogens (primary N) is 1. The highest BCUT2D eigenvalue weighted by molar-refractivity contribution is 5.45. The van der Waals surface area contributed by atoms with E-state index in [2.05, 4.69) is 11.4 Å². The van der Waals surface area contributed by atoms with Gasteiger partial charge in [0.05, 0.1) is 6.61 Å². The average Bonchev–Trinajstić information content (AvgIpc) is 2.16. The molecular weight excluding hydrogens is 164 g/mol. The molecule has 1 aromatic rings. The minimum absolute atomic E-state index is 0.647. The van der Waals surface area contributed by atoms with Crippen LogP contribution in [0.25, 0.3) is 0 Å². The van der Waals surface area contributed by atoms with Crippen molar-refractivity contribution in [2.75, 3.05) is 25.5 Å². The first-order valence-electron chi connectivity index (χ1n) is 4.38. The Bertz CT molecular complexity index is 250. The molecule has 3 heteroatoms. The van der Waals surface area contributed by atoms with Gasteiger partial charge in [-0.05, 0) is 17.7 Å². The highest BCUT2D eigenvalue weighted by atomic mass is 16.5. The third-order valence-corrected chi connectivity index (χ3v) is 1.71. The van der Waals surface area contributed by atoms with Gasteiger partial charge >= 0.3 is 0 Å². The van der Waals surface area contributed by atoms with Crippen molar-refractivity contribution >= 4 is 5.69 Å². The number of benzene rings is 1. The summed E-state index contributed by atoms with van der Waals surface area (Å²) in [4.78, 5) is 0. The second kappa shape index (κ2) is 5.56. The third-order valence-electron chi connectivity index (χ3n) is 1.71. The molecule has 1 rings (SSSR count). The molecular formula is C10H16N2O. The summed E-state index contributed by atoms with van der Waals surface area (Å²) in [6.07, 6.45) is 0. The molecule has 0 saturated carbocycles. The van der Waals surface area contributed by atoms with Gasteiger partial charge < -0.3 is 15.8 Å². The zero-order valence-electron chi connectivity index (χ0n) is 7.92. The van der Waals surface area contributed by atoms with Crippen molar-refractivity contribution < 1.29 is 4.74 Å². The molecule has 0 aromatic heterocycles. The van der Waals surface area contributed by atoms with Gasteiger partial charge in [0.2, 0.25) is 0 Å². The van der Waals surface area contributed by atoms with Crippen molar-refractivity contribution in [3.05, 3.63) is 29.8 Å². The van der Waals surface area contributed by atoms with Crippen molar-refractivity contribution in [3.63, 3.8) is 0 Å². The van der Waals surface area contributed by atoms with Crippen LogP contribution >= 0.6 is 0 Å². The standard InChI is InChI=1S/C10H16N2O/c1-13-8-9-3-2-4-10(7-9)12-6-5-11/h2-4,7,12H,5-6,8,11H2,1H3. The lowest BCUT2D eigenvalue weighted by Gasteiger charge is -2.06. The molecule has 3 nitrogen and oxygen atoms in total. The van der Waals surface area contributed by atoms with E-state index in [1.54, 1.807) is 7.11 Å². The van der Waals surface area contributed by atoms with E-state index in [1.807, 2.05) is 18.2 Å². The summed E-state index contributed by atoms with van der Waals surface area (Å²) in [5.74, 6) is 0. The maximum absolute atomic E-state index is 5.39. The van der Waals surface area contributed by atoms with Crippen molar-refractivity contribution in [2.24, 2.45) is 5.73 Å². The number of nitrogens with one attached hydrogen (secondary N) is 1. The Morgan fingerprint density at radius 3 is 3.00 bits per heavy atom. The van der Waals surface area contributed by atoms with Crippen LogP contribution in [-0.2, 0) is 11.3 Å². The van der Waals surface area contributed by atoms with Crippen molar-refractivity contribution in [2.45, 2.75) is 6.61 Å². The van der Waals surface area contributed by atoms with Gasteiger partial charge in [0.25, 0.3) is 0 Å². The summed E-state index contributed by atoms with van der Waals surface area (Å²) in [5.41, 5.74) is 7.65. The van der Waals surface area contributed by atoms with Crippen LogP contribution < -0.4 is 11.1 Å². The third kappa shape index (κ3) is 3.44. The number of rotatable bonds is 5. The molecule has 0 saturated heterocycles. The minimum atomic E-state index is 0.647. The molecule has 0 aliphatic heterocycles. The summed E-state index contributed by atoms with van der Waals surface area (Å²) < 4.78 is 5.03. The molecule has 1 aromatic carbocycles. The van der Waals surface area contributed by atoms with Gasteiger partial charge in [0.15, 0.2) is 0 Å². The number of hydrogen-bond donors (Lipinski definition) is 2. The molecule has 0 unspecified atom stereocenters. The topological polar surface area (TPSA) is 47.3 Å². The fraction of sp³-hybridized carbons (Fsp3) is 0.400. The van der Waals surface area contributed by atoms with Gasteiger partial charge in [-0.1, -0.05) is 12.1 Å². The lowest BCUT2D eigenvalue weighted by atomic mass is 10.2. The van der Waals surface area contributed by atoms with E-state index < -0.39 is 0 Å². The monoisotopic (exact) mass is 180 g/mol. The fourth-order valence-corrected chi connectivity index (χ4v) is 1.15. The van der Waals surface area contributed by atoms with Crippen LogP contribution in [0.1, 0.15) is 5.56 Å². The summed E-state index contributed by atoms with van der Waals surface area (Å²) >= 11 is 0. The highest BCUT2D eigenvalue weighted by Crippen LogP contribution is 2.10. The van der Waals surface area contributed by atoms with Crippen LogP contribution in [0, 0.1) is 0 Å². The van der Waals surface area contributed by atoms with Crippen LogP contribution in [0.15, 0.2) is 24.3 Å². The molecule has 0 aliphatic carbocycles. The second-order valence-corrected chi connectivity index (χ2v) is 2.85. The van der Waals surface area contributed by atoms with E-state index in [4.69, 9.17) is 10.5 Å². The van der Waals surface area contributed by atoms with Crippen LogP contribution in [0.3, 0.4) is 0 Å². The van der Waals surface area contributed by atoms with Crippen LogP contribution in [0.2, 0.25) is 0 Å².